The number of rotatable bonds is 9. The van der Waals surface area contributed by atoms with Crippen LogP contribution in [-0.2, 0) is 20.6 Å². The van der Waals surface area contributed by atoms with Crippen molar-refractivity contribution in [3.63, 3.8) is 0 Å². The molecule has 2 unspecified atom stereocenters. The van der Waals surface area contributed by atoms with Gasteiger partial charge in [0.1, 0.15) is 17.0 Å². The van der Waals surface area contributed by atoms with E-state index < -0.39 is 23.1 Å². The Morgan fingerprint density at radius 3 is 2.23 bits per heavy atom. The van der Waals surface area contributed by atoms with E-state index in [4.69, 9.17) is 0 Å². The SMILES string of the molecule is C=C/C(C(=C)C)=C(\CN1C(=O)C(NC(=O)[C@H](C)NC)CN(S(C)=O)c2ccccc21)C(=C)C.CC. The number of carbonyl (C=O) groups is 2. The van der Waals surface area contributed by atoms with Gasteiger partial charge in [-0.25, -0.2) is 4.21 Å². The van der Waals surface area contributed by atoms with E-state index in [0.29, 0.717) is 11.4 Å². The molecule has 0 saturated heterocycles. The highest BCUT2D eigenvalue weighted by atomic mass is 32.2. The molecule has 0 spiro atoms. The maximum atomic E-state index is 13.8. The lowest BCUT2D eigenvalue weighted by molar-refractivity contribution is -0.128. The van der Waals surface area contributed by atoms with Crippen LogP contribution in [0.2, 0.25) is 0 Å². The average molecular weight is 501 g/mol. The third kappa shape index (κ3) is 7.26. The molecule has 35 heavy (non-hydrogen) atoms. The molecule has 0 bridgehead atoms. The lowest BCUT2D eigenvalue weighted by Crippen LogP contribution is -2.55. The minimum Gasteiger partial charge on any atom is -0.341 e. The summed E-state index contributed by atoms with van der Waals surface area (Å²) in [5.74, 6) is -0.607. The summed E-state index contributed by atoms with van der Waals surface area (Å²) in [6, 6.07) is 5.93. The summed E-state index contributed by atoms with van der Waals surface area (Å²) in [6.45, 7) is 21.8. The Labute approximate surface area is 213 Å². The second-order valence-corrected chi connectivity index (χ2v) is 9.41. The zero-order chi connectivity index (χ0) is 26.9. The lowest BCUT2D eigenvalue weighted by Gasteiger charge is -2.28. The number of allylic oxidation sites excluding steroid dienone is 3. The van der Waals surface area contributed by atoms with E-state index in [2.05, 4.69) is 30.4 Å². The average Bonchev–Trinajstić information content (AvgIpc) is 2.94. The fourth-order valence-corrected chi connectivity index (χ4v) is 4.45. The lowest BCUT2D eigenvalue weighted by atomic mass is 9.96. The molecule has 1 aromatic rings. The Balaban J connectivity index is 0.00000298. The van der Waals surface area contributed by atoms with Gasteiger partial charge >= 0.3 is 0 Å². The van der Waals surface area contributed by atoms with Crippen molar-refractivity contribution in [2.75, 3.05) is 35.6 Å². The Bertz CT molecular complexity index is 1030. The van der Waals surface area contributed by atoms with Gasteiger partial charge in [0.2, 0.25) is 5.91 Å². The maximum absolute atomic E-state index is 13.8. The molecule has 1 aliphatic rings. The summed E-state index contributed by atoms with van der Waals surface area (Å²) < 4.78 is 14.3. The fraction of sp³-hybridized carbons (Fsp3) is 0.407. The van der Waals surface area contributed by atoms with Crippen molar-refractivity contribution in [3.05, 3.63) is 72.4 Å². The van der Waals surface area contributed by atoms with Crippen molar-refractivity contribution in [3.8, 4) is 0 Å². The van der Waals surface area contributed by atoms with Crippen LogP contribution in [0, 0.1) is 0 Å². The Morgan fingerprint density at radius 1 is 1.20 bits per heavy atom. The van der Waals surface area contributed by atoms with E-state index in [9.17, 15) is 13.8 Å². The van der Waals surface area contributed by atoms with Crippen LogP contribution in [0.15, 0.2) is 72.4 Å². The molecule has 8 heteroatoms. The predicted molar refractivity (Wildman–Crippen MR) is 149 cm³/mol. The second-order valence-electron chi connectivity index (χ2n) is 8.13. The highest BCUT2D eigenvalue weighted by molar-refractivity contribution is 7.85. The zero-order valence-corrected chi connectivity index (χ0v) is 22.9. The molecule has 0 fully saturated rings. The number of para-hydroxylation sites is 2. The van der Waals surface area contributed by atoms with E-state index >= 15 is 0 Å². The zero-order valence-electron chi connectivity index (χ0n) is 22.1. The van der Waals surface area contributed by atoms with Gasteiger partial charge in [-0.1, -0.05) is 62.9 Å². The number of likely N-dealkylation sites (N-methyl/N-ethyl adjacent to an activating group) is 1. The third-order valence-corrected chi connectivity index (χ3v) is 6.59. The molecule has 2 N–H and O–H groups in total. The molecule has 2 rings (SSSR count). The highest BCUT2D eigenvalue weighted by Crippen LogP contribution is 2.35. The summed E-state index contributed by atoms with van der Waals surface area (Å²) in [6.07, 6.45) is 3.27. The van der Waals surface area contributed by atoms with Crippen LogP contribution < -0.4 is 19.8 Å². The van der Waals surface area contributed by atoms with Crippen molar-refractivity contribution in [2.45, 2.75) is 46.7 Å². The number of nitrogens with zero attached hydrogens (tertiary/aromatic N) is 2. The normalized spacial score (nSPS) is 17.6. The van der Waals surface area contributed by atoms with Crippen molar-refractivity contribution in [1.82, 2.24) is 10.6 Å². The van der Waals surface area contributed by atoms with Gasteiger partial charge in [-0.15, -0.1) is 0 Å². The van der Waals surface area contributed by atoms with E-state index in [1.807, 2.05) is 52.0 Å². The van der Waals surface area contributed by atoms with Crippen molar-refractivity contribution < 1.29 is 13.8 Å². The van der Waals surface area contributed by atoms with E-state index in [-0.39, 0.29) is 24.9 Å². The topological polar surface area (TPSA) is 81.8 Å². The molecule has 2 amide bonds. The van der Waals surface area contributed by atoms with Crippen LogP contribution in [0.4, 0.5) is 11.4 Å². The Hall–Kier alpha value is -2.97. The van der Waals surface area contributed by atoms with Crippen molar-refractivity contribution in [2.24, 2.45) is 0 Å². The first-order valence-electron chi connectivity index (χ1n) is 11.7. The van der Waals surface area contributed by atoms with Gasteiger partial charge in [0.15, 0.2) is 0 Å². The second kappa shape index (κ2) is 13.8. The molecular formula is C27H40N4O3S. The smallest absolute Gasteiger partial charge is 0.251 e. The number of amides is 2. The van der Waals surface area contributed by atoms with Gasteiger partial charge in [-0.2, -0.15) is 0 Å². The standard InChI is InChI=1S/C25H34N4O3S.C2H6/c1-9-19(16(2)3)20(17(4)5)14-28-22-12-10-11-13-23(22)29(33(8)32)15-21(25(28)31)27-24(30)18(6)26-7;1-2/h9-13,18,21,26H,1-2,4,14-15H2,3,5-8H3,(H,27,30);1-2H3/b20-19-;/t18-,21?,33?;/m0./s1. The number of fused-ring (bicyclic) bond motifs is 1. The molecule has 1 aromatic carbocycles. The van der Waals surface area contributed by atoms with Crippen LogP contribution in [0.1, 0.15) is 34.6 Å². The molecule has 7 nitrogen and oxygen atoms in total. The van der Waals surface area contributed by atoms with E-state index in [0.717, 1.165) is 22.3 Å². The summed E-state index contributed by atoms with van der Waals surface area (Å²) in [7, 11) is 0.260. The first kappa shape index (κ1) is 30.1. The van der Waals surface area contributed by atoms with Gasteiger partial charge < -0.3 is 15.5 Å². The summed E-state index contributed by atoms with van der Waals surface area (Å²) in [5.41, 5.74) is 4.49. The van der Waals surface area contributed by atoms with Crippen LogP contribution in [-0.4, -0.2) is 54.5 Å². The number of benzene rings is 1. The molecule has 0 radical (unpaired) electrons. The van der Waals surface area contributed by atoms with Crippen LogP contribution in [0.25, 0.3) is 0 Å². The van der Waals surface area contributed by atoms with Gasteiger partial charge in [0, 0.05) is 6.26 Å². The largest absolute Gasteiger partial charge is 0.341 e. The maximum Gasteiger partial charge on any atom is 0.251 e. The van der Waals surface area contributed by atoms with Gasteiger partial charge in [-0.05, 0) is 51.1 Å². The number of hydrogen-bond acceptors (Lipinski definition) is 4. The molecule has 1 aliphatic heterocycles. The van der Waals surface area contributed by atoms with Crippen molar-refractivity contribution in [1.29, 1.82) is 0 Å². The molecular weight excluding hydrogens is 460 g/mol. The van der Waals surface area contributed by atoms with Crippen LogP contribution >= 0.6 is 0 Å². The first-order valence-corrected chi connectivity index (χ1v) is 13.2. The van der Waals surface area contributed by atoms with Gasteiger partial charge in [0.05, 0.1) is 30.5 Å². The number of hydrogen-bond donors (Lipinski definition) is 2. The van der Waals surface area contributed by atoms with E-state index in [1.54, 1.807) is 35.5 Å². The number of nitrogens with one attached hydrogen (secondary N) is 2. The fourth-order valence-electron chi connectivity index (χ4n) is 3.66. The molecule has 192 valence electrons. The van der Waals surface area contributed by atoms with E-state index in [1.165, 1.54) is 0 Å². The minimum atomic E-state index is -1.41. The highest BCUT2D eigenvalue weighted by Gasteiger charge is 2.36. The summed E-state index contributed by atoms with van der Waals surface area (Å²) in [5, 5.41) is 5.71. The number of carbonyl (C=O) groups excluding carboxylic acids is 2. The summed E-state index contributed by atoms with van der Waals surface area (Å²) >= 11 is 0. The third-order valence-electron chi connectivity index (χ3n) is 5.63. The molecule has 0 saturated carbocycles. The summed E-state index contributed by atoms with van der Waals surface area (Å²) in [4.78, 5) is 28.1. The molecule has 1 heterocycles. The number of anilines is 2. The first-order chi connectivity index (χ1) is 16.5. The molecule has 0 aromatic heterocycles. The van der Waals surface area contributed by atoms with Gasteiger partial charge in [0.25, 0.3) is 5.91 Å². The molecule has 0 aliphatic carbocycles. The van der Waals surface area contributed by atoms with Crippen LogP contribution in [0.5, 0.6) is 0 Å². The quantitative estimate of drug-likeness (QED) is 0.504. The Morgan fingerprint density at radius 2 is 1.77 bits per heavy atom. The minimum absolute atomic E-state index is 0.0819. The molecule has 3 atom stereocenters. The predicted octanol–water partition coefficient (Wildman–Crippen LogP) is 3.89. The monoisotopic (exact) mass is 500 g/mol. The van der Waals surface area contributed by atoms with Crippen molar-refractivity contribution >= 4 is 34.2 Å². The van der Waals surface area contributed by atoms with Gasteiger partial charge in [-0.3, -0.25) is 13.9 Å². The Kier molecular flexibility index (Phi) is 11.9. The van der Waals surface area contributed by atoms with Crippen LogP contribution in [0.3, 0.4) is 0 Å².